The van der Waals surface area contributed by atoms with E-state index in [0.717, 1.165) is 30.2 Å². The van der Waals surface area contributed by atoms with Gasteiger partial charge in [0.15, 0.2) is 0 Å². The third kappa shape index (κ3) is 9.33. The van der Waals surface area contributed by atoms with Crippen LogP contribution in [0, 0.1) is 0 Å². The molecule has 0 amide bonds. The van der Waals surface area contributed by atoms with Crippen LogP contribution in [0.1, 0.15) is 81.1 Å². The topological polar surface area (TPSA) is 102 Å². The van der Waals surface area contributed by atoms with Gasteiger partial charge in [-0.15, -0.1) is 0 Å². The Balaban J connectivity index is 1.18. The molecule has 2 aliphatic heterocycles. The Morgan fingerprint density at radius 1 is 0.902 bits per heavy atom. The average molecular weight is 701 g/mol. The first-order valence-electron chi connectivity index (χ1n) is 17.6. The van der Waals surface area contributed by atoms with Crippen LogP contribution < -0.4 is 10.4 Å². The van der Waals surface area contributed by atoms with Crippen molar-refractivity contribution in [2.45, 2.75) is 110 Å². The Bertz CT molecular complexity index is 1930. The Hall–Kier alpha value is -4.31. The zero-order valence-corrected chi connectivity index (χ0v) is 31.3. The molecule has 274 valence electrons. The molecule has 51 heavy (non-hydrogen) atoms. The van der Waals surface area contributed by atoms with Gasteiger partial charge in [0, 0.05) is 24.3 Å². The molecule has 0 saturated carbocycles. The molecule has 3 unspecified atom stereocenters. The van der Waals surface area contributed by atoms with Crippen LogP contribution >= 0.6 is 0 Å². The van der Waals surface area contributed by atoms with Crippen LogP contribution in [0.25, 0.3) is 21.9 Å². The van der Waals surface area contributed by atoms with Crippen molar-refractivity contribution in [3.8, 4) is 5.75 Å². The van der Waals surface area contributed by atoms with Crippen molar-refractivity contribution in [1.29, 1.82) is 0 Å². The number of rotatable bonds is 17. The lowest BCUT2D eigenvalue weighted by molar-refractivity contribution is -0.295. The van der Waals surface area contributed by atoms with Gasteiger partial charge in [-0.05, 0) is 117 Å². The molecule has 3 aromatic rings. The predicted molar refractivity (Wildman–Crippen MR) is 199 cm³/mol. The van der Waals surface area contributed by atoms with E-state index < -0.39 is 17.2 Å². The fraction of sp³-hybridized carbons (Fsp3) is 0.452. The van der Waals surface area contributed by atoms with Gasteiger partial charge in [0.05, 0.1) is 40.4 Å². The molecule has 9 nitrogen and oxygen atoms in total. The third-order valence-electron chi connectivity index (χ3n) is 9.38. The van der Waals surface area contributed by atoms with Gasteiger partial charge in [0.25, 0.3) is 0 Å². The Labute approximate surface area is 300 Å². The van der Waals surface area contributed by atoms with Crippen molar-refractivity contribution in [3.05, 3.63) is 113 Å². The molecule has 3 atom stereocenters. The normalized spacial score (nSPS) is 23.5. The molecule has 2 fully saturated rings. The van der Waals surface area contributed by atoms with Crippen molar-refractivity contribution in [3.63, 3.8) is 0 Å². The standard InChI is InChI=1S/C42H52O9/c1-11-30(44-22-19-28(5)13-16-36-40(7,8)49-36)25-33(27(3)4)48-42(12-2)50-37(41(9,10)51-42)17-14-29(6)20-23-46-39-31-15-18-38(43)47-35(31)26-34-32(39)21-24-45-34/h11-12,15,18-21,24-26,36-37H,2-3,13-14,16-17,22-23H2,1,4-10H3/b28-19+,29-20+,30-11+,33-25+. The predicted octanol–water partition coefficient (Wildman–Crippen LogP) is 9.98. The maximum atomic E-state index is 11.8. The summed E-state index contributed by atoms with van der Waals surface area (Å²) in [6.07, 6.45) is 14.4. The molecule has 0 N–H and O–H groups in total. The lowest BCUT2D eigenvalue weighted by atomic mass is 9.96. The molecule has 2 saturated heterocycles. The van der Waals surface area contributed by atoms with E-state index in [1.807, 2.05) is 45.9 Å². The molecule has 5 rings (SSSR count). The van der Waals surface area contributed by atoms with E-state index in [1.54, 1.807) is 24.5 Å². The van der Waals surface area contributed by atoms with Crippen LogP contribution in [0.3, 0.4) is 0 Å². The van der Waals surface area contributed by atoms with Crippen LogP contribution in [0.15, 0.2) is 116 Å². The number of hydrogen-bond donors (Lipinski definition) is 0. The summed E-state index contributed by atoms with van der Waals surface area (Å²) in [4.78, 5) is 11.8. The summed E-state index contributed by atoms with van der Waals surface area (Å²) in [5, 5.41) is 1.51. The summed E-state index contributed by atoms with van der Waals surface area (Å²) < 4.78 is 48.2. The van der Waals surface area contributed by atoms with Gasteiger partial charge in [-0.25, -0.2) is 4.79 Å². The van der Waals surface area contributed by atoms with E-state index >= 15 is 0 Å². The molecular weight excluding hydrogens is 648 g/mol. The molecule has 0 aliphatic carbocycles. The van der Waals surface area contributed by atoms with E-state index in [0.29, 0.717) is 65.1 Å². The smallest absolute Gasteiger partial charge is 0.349 e. The van der Waals surface area contributed by atoms with E-state index in [1.165, 1.54) is 17.7 Å². The summed E-state index contributed by atoms with van der Waals surface area (Å²) in [5.74, 6) is 0.211. The minimum Gasteiger partial charge on any atom is -0.490 e. The minimum absolute atomic E-state index is 0.00698. The zero-order chi connectivity index (χ0) is 37.0. The maximum absolute atomic E-state index is 11.8. The fourth-order valence-corrected chi connectivity index (χ4v) is 6.08. The second kappa shape index (κ2) is 15.5. The molecule has 0 radical (unpaired) electrons. The Morgan fingerprint density at radius 3 is 2.18 bits per heavy atom. The van der Waals surface area contributed by atoms with E-state index in [2.05, 4.69) is 46.9 Å². The first-order chi connectivity index (χ1) is 24.1. The van der Waals surface area contributed by atoms with Crippen molar-refractivity contribution in [1.82, 2.24) is 0 Å². The van der Waals surface area contributed by atoms with Crippen LogP contribution in [0.4, 0.5) is 0 Å². The summed E-state index contributed by atoms with van der Waals surface area (Å²) in [6, 6.07) is 6.64. The molecule has 9 heteroatoms. The van der Waals surface area contributed by atoms with Crippen LogP contribution in [-0.2, 0) is 23.7 Å². The monoisotopic (exact) mass is 700 g/mol. The highest BCUT2D eigenvalue weighted by Gasteiger charge is 2.53. The number of fused-ring (bicyclic) bond motifs is 2. The number of benzene rings is 1. The zero-order valence-electron chi connectivity index (χ0n) is 31.3. The van der Waals surface area contributed by atoms with E-state index in [4.69, 9.17) is 37.3 Å². The van der Waals surface area contributed by atoms with Gasteiger partial charge < -0.3 is 37.3 Å². The van der Waals surface area contributed by atoms with Gasteiger partial charge in [0.1, 0.15) is 41.6 Å². The number of epoxide rings is 1. The SMILES string of the molecule is C=CC1(O/C(=C/C(=C\C)OC/C=C(\C)CCC2OC2(C)C)C(=C)C)OC(CC/C(C)=C/COc2c3ccoc3cc3oc(=O)ccc23)C(C)(C)O1. The summed E-state index contributed by atoms with van der Waals surface area (Å²) >= 11 is 0. The Kier molecular flexibility index (Phi) is 11.5. The molecule has 2 aliphatic rings. The lowest BCUT2D eigenvalue weighted by Gasteiger charge is -2.28. The second-order valence-corrected chi connectivity index (χ2v) is 14.4. The van der Waals surface area contributed by atoms with Gasteiger partial charge in [0.2, 0.25) is 0 Å². The molecule has 1 aromatic carbocycles. The first-order valence-corrected chi connectivity index (χ1v) is 17.6. The summed E-state index contributed by atoms with van der Waals surface area (Å²) in [6.45, 7) is 25.0. The number of hydrogen-bond acceptors (Lipinski definition) is 9. The summed E-state index contributed by atoms with van der Waals surface area (Å²) in [5.41, 5.74) is 2.97. The van der Waals surface area contributed by atoms with Crippen molar-refractivity contribution < 1.29 is 37.3 Å². The van der Waals surface area contributed by atoms with Gasteiger partial charge in [-0.1, -0.05) is 24.3 Å². The highest BCUT2D eigenvalue weighted by Crippen LogP contribution is 2.43. The van der Waals surface area contributed by atoms with Gasteiger partial charge >= 0.3 is 11.6 Å². The van der Waals surface area contributed by atoms with E-state index in [9.17, 15) is 4.79 Å². The number of ether oxygens (including phenoxy) is 6. The molecule has 0 spiro atoms. The molecule has 2 aromatic heterocycles. The number of furan rings is 1. The van der Waals surface area contributed by atoms with Crippen molar-refractivity contribution >= 4 is 21.9 Å². The van der Waals surface area contributed by atoms with Crippen molar-refractivity contribution in [2.75, 3.05) is 13.2 Å². The van der Waals surface area contributed by atoms with Gasteiger partial charge in [-0.2, -0.15) is 0 Å². The molecule has 4 heterocycles. The quantitative estimate of drug-likeness (QED) is 0.0448. The largest absolute Gasteiger partial charge is 0.490 e. The first kappa shape index (κ1) is 37.9. The lowest BCUT2D eigenvalue weighted by Crippen LogP contribution is -2.35. The Morgan fingerprint density at radius 2 is 1.55 bits per heavy atom. The molecular formula is C42H52O9. The fourth-order valence-electron chi connectivity index (χ4n) is 6.08. The second-order valence-electron chi connectivity index (χ2n) is 14.4. The molecule has 0 bridgehead atoms. The average Bonchev–Trinajstić information content (AvgIpc) is 3.33. The minimum atomic E-state index is -1.51. The van der Waals surface area contributed by atoms with Crippen molar-refractivity contribution in [2.24, 2.45) is 0 Å². The number of allylic oxidation sites excluding steroid dienone is 5. The van der Waals surface area contributed by atoms with Gasteiger partial charge in [-0.3, -0.25) is 0 Å². The third-order valence-corrected chi connectivity index (χ3v) is 9.38. The summed E-state index contributed by atoms with van der Waals surface area (Å²) in [7, 11) is 0. The van der Waals surface area contributed by atoms with Crippen LogP contribution in [-0.4, -0.2) is 42.6 Å². The highest BCUT2D eigenvalue weighted by atomic mass is 16.9. The highest BCUT2D eigenvalue weighted by molar-refractivity contribution is 6.01. The maximum Gasteiger partial charge on any atom is 0.349 e. The van der Waals surface area contributed by atoms with E-state index in [-0.39, 0.29) is 11.7 Å². The van der Waals surface area contributed by atoms with Crippen LogP contribution in [0.5, 0.6) is 5.75 Å². The van der Waals surface area contributed by atoms with Crippen LogP contribution in [0.2, 0.25) is 0 Å².